The van der Waals surface area contributed by atoms with Gasteiger partial charge in [-0.05, 0) is 24.6 Å². The van der Waals surface area contributed by atoms with Crippen molar-refractivity contribution in [1.29, 1.82) is 0 Å². The van der Waals surface area contributed by atoms with E-state index in [1.807, 2.05) is 6.92 Å². The van der Waals surface area contributed by atoms with E-state index in [0.29, 0.717) is 12.1 Å². The van der Waals surface area contributed by atoms with E-state index in [9.17, 15) is 19.5 Å². The van der Waals surface area contributed by atoms with Crippen molar-refractivity contribution in [3.63, 3.8) is 0 Å². The molecule has 1 aromatic rings. The van der Waals surface area contributed by atoms with E-state index in [-0.39, 0.29) is 35.5 Å². The van der Waals surface area contributed by atoms with Crippen LogP contribution < -0.4 is 16.4 Å². The highest BCUT2D eigenvalue weighted by atomic mass is 16.4. The van der Waals surface area contributed by atoms with Crippen molar-refractivity contribution in [3.8, 4) is 0 Å². The number of rotatable bonds is 6. The van der Waals surface area contributed by atoms with Crippen molar-refractivity contribution in [2.24, 2.45) is 11.7 Å². The number of nitrogens with one attached hydrogen (secondary N) is 2. The van der Waals surface area contributed by atoms with Crippen molar-refractivity contribution in [1.82, 2.24) is 0 Å². The molecule has 1 atom stereocenters. The molecule has 5 N–H and O–H groups in total. The summed E-state index contributed by atoms with van der Waals surface area (Å²) in [7, 11) is 0. The molecule has 0 aromatic heterocycles. The average Bonchev–Trinajstić information content (AvgIpc) is 2.41. The van der Waals surface area contributed by atoms with Gasteiger partial charge in [-0.15, -0.1) is 0 Å². The molecule has 0 saturated heterocycles. The van der Waals surface area contributed by atoms with E-state index in [0.717, 1.165) is 0 Å². The lowest BCUT2D eigenvalue weighted by atomic mass is 10.1. The maximum atomic E-state index is 12.0. The summed E-state index contributed by atoms with van der Waals surface area (Å²) in [6, 6.07) is 4.26. The summed E-state index contributed by atoms with van der Waals surface area (Å²) in [5.41, 5.74) is 5.92. The summed E-state index contributed by atoms with van der Waals surface area (Å²) in [6.45, 7) is 3.34. The van der Waals surface area contributed by atoms with Gasteiger partial charge >= 0.3 is 5.97 Å². The molecule has 1 aromatic carbocycles. The molecule has 0 spiro atoms. The minimum absolute atomic E-state index is 0.0959. The smallest absolute Gasteiger partial charge is 0.337 e. The number of benzene rings is 1. The number of carbonyl (C=O) groups is 3. The molecule has 0 bridgehead atoms. The van der Waals surface area contributed by atoms with Gasteiger partial charge in [0.1, 0.15) is 0 Å². The molecular formula is C14H19N3O4. The van der Waals surface area contributed by atoms with Gasteiger partial charge in [-0.3, -0.25) is 9.59 Å². The molecule has 2 amide bonds. The minimum atomic E-state index is -1.20. The van der Waals surface area contributed by atoms with Crippen molar-refractivity contribution in [2.75, 3.05) is 17.2 Å². The van der Waals surface area contributed by atoms with Gasteiger partial charge in [0.05, 0.1) is 17.2 Å². The lowest BCUT2D eigenvalue weighted by molar-refractivity contribution is -0.119. The summed E-state index contributed by atoms with van der Waals surface area (Å²) < 4.78 is 0. The van der Waals surface area contributed by atoms with Crippen LogP contribution in [0.1, 0.15) is 30.6 Å². The predicted molar refractivity (Wildman–Crippen MR) is 79.2 cm³/mol. The normalized spacial score (nSPS) is 11.6. The van der Waals surface area contributed by atoms with Gasteiger partial charge in [-0.1, -0.05) is 6.92 Å². The Hall–Kier alpha value is -2.41. The fourth-order valence-electron chi connectivity index (χ4n) is 1.81. The first kappa shape index (κ1) is 16.6. The van der Waals surface area contributed by atoms with Crippen molar-refractivity contribution in [3.05, 3.63) is 23.8 Å². The number of carboxylic acids is 1. The second-order valence-electron chi connectivity index (χ2n) is 4.58. The van der Waals surface area contributed by atoms with Gasteiger partial charge < -0.3 is 21.5 Å². The molecule has 7 heteroatoms. The molecule has 0 heterocycles. The molecular weight excluding hydrogens is 274 g/mol. The Labute approximate surface area is 122 Å². The van der Waals surface area contributed by atoms with E-state index < -0.39 is 5.97 Å². The molecule has 7 nitrogen and oxygen atoms in total. The molecule has 0 aliphatic carbocycles. The topological polar surface area (TPSA) is 122 Å². The molecule has 21 heavy (non-hydrogen) atoms. The van der Waals surface area contributed by atoms with Crippen molar-refractivity contribution < 1.29 is 19.5 Å². The molecule has 1 rings (SSSR count). The zero-order valence-corrected chi connectivity index (χ0v) is 12.0. The summed E-state index contributed by atoms with van der Waals surface area (Å²) in [6.07, 6.45) is 0.564. The fraction of sp³-hybridized carbons (Fsp3) is 0.357. The number of nitrogens with two attached hydrogens (primary N) is 1. The number of anilines is 2. The maximum Gasteiger partial charge on any atom is 0.337 e. The molecule has 0 aliphatic heterocycles. The Morgan fingerprint density at radius 2 is 1.95 bits per heavy atom. The third-order valence-electron chi connectivity index (χ3n) is 2.98. The second-order valence-corrected chi connectivity index (χ2v) is 4.58. The summed E-state index contributed by atoms with van der Waals surface area (Å²) in [4.78, 5) is 34.2. The van der Waals surface area contributed by atoms with E-state index in [1.54, 1.807) is 0 Å². The van der Waals surface area contributed by atoms with Gasteiger partial charge in [0.25, 0.3) is 0 Å². The van der Waals surface area contributed by atoms with Gasteiger partial charge in [-0.2, -0.15) is 0 Å². The molecule has 114 valence electrons. The predicted octanol–water partition coefficient (Wildman–Crippen LogP) is 1.27. The Bertz CT molecular complexity index is 553. The van der Waals surface area contributed by atoms with Crippen LogP contribution in [0, 0.1) is 5.92 Å². The lowest BCUT2D eigenvalue weighted by Crippen LogP contribution is -2.29. The Kier molecular flexibility index (Phi) is 5.86. The van der Waals surface area contributed by atoms with Gasteiger partial charge in [0.2, 0.25) is 11.8 Å². The Balaban J connectivity index is 3.04. The third kappa shape index (κ3) is 4.57. The first-order valence-corrected chi connectivity index (χ1v) is 6.54. The molecule has 0 fully saturated rings. The number of hydrogen-bond donors (Lipinski definition) is 4. The van der Waals surface area contributed by atoms with Crippen molar-refractivity contribution in [2.45, 2.75) is 20.3 Å². The van der Waals surface area contributed by atoms with Crippen LogP contribution in [-0.2, 0) is 9.59 Å². The van der Waals surface area contributed by atoms with E-state index in [1.165, 1.54) is 25.1 Å². The average molecular weight is 293 g/mol. The van der Waals surface area contributed by atoms with Crippen LogP contribution in [0.15, 0.2) is 18.2 Å². The standard InChI is InChI=1S/C14H19N3O4/c1-3-9(7-15)13(19)17-12-5-4-10(16-8(2)18)6-11(12)14(20)21/h4-6,9H,3,7,15H2,1-2H3,(H,16,18)(H,17,19)(H,20,21). The largest absolute Gasteiger partial charge is 0.478 e. The highest BCUT2D eigenvalue weighted by Crippen LogP contribution is 2.21. The summed E-state index contributed by atoms with van der Waals surface area (Å²) in [5.74, 6) is -2.20. The van der Waals surface area contributed by atoms with Gasteiger partial charge in [-0.25, -0.2) is 4.79 Å². The monoisotopic (exact) mass is 293 g/mol. The van der Waals surface area contributed by atoms with E-state index >= 15 is 0 Å². The van der Waals surface area contributed by atoms with Crippen LogP contribution in [0.4, 0.5) is 11.4 Å². The highest BCUT2D eigenvalue weighted by Gasteiger charge is 2.18. The quantitative estimate of drug-likeness (QED) is 0.629. The Morgan fingerprint density at radius 1 is 1.29 bits per heavy atom. The minimum Gasteiger partial charge on any atom is -0.478 e. The molecule has 0 aliphatic rings. The van der Waals surface area contributed by atoms with E-state index in [4.69, 9.17) is 5.73 Å². The van der Waals surface area contributed by atoms with Crippen LogP contribution in [-0.4, -0.2) is 29.4 Å². The summed E-state index contributed by atoms with van der Waals surface area (Å²) >= 11 is 0. The fourth-order valence-corrected chi connectivity index (χ4v) is 1.81. The second kappa shape index (κ2) is 7.39. The number of carboxylic acid groups (broad SMARTS) is 1. The number of carbonyl (C=O) groups excluding carboxylic acids is 2. The molecule has 1 unspecified atom stereocenters. The maximum absolute atomic E-state index is 12.0. The van der Waals surface area contributed by atoms with Crippen molar-refractivity contribution >= 4 is 29.2 Å². The number of hydrogen-bond acceptors (Lipinski definition) is 4. The van der Waals surface area contributed by atoms with Crippen LogP contribution >= 0.6 is 0 Å². The number of aromatic carboxylic acids is 1. The Morgan fingerprint density at radius 3 is 2.43 bits per heavy atom. The SMILES string of the molecule is CCC(CN)C(=O)Nc1ccc(NC(C)=O)cc1C(=O)O. The van der Waals surface area contributed by atoms with Crippen LogP contribution in [0.25, 0.3) is 0 Å². The first-order valence-electron chi connectivity index (χ1n) is 6.54. The molecule has 0 radical (unpaired) electrons. The zero-order chi connectivity index (χ0) is 16.0. The summed E-state index contributed by atoms with van der Waals surface area (Å²) in [5, 5.41) is 14.3. The van der Waals surface area contributed by atoms with Gasteiger partial charge in [0.15, 0.2) is 0 Å². The van der Waals surface area contributed by atoms with E-state index in [2.05, 4.69) is 10.6 Å². The van der Waals surface area contributed by atoms with Crippen LogP contribution in [0.3, 0.4) is 0 Å². The van der Waals surface area contributed by atoms with Gasteiger partial charge in [0, 0.05) is 19.2 Å². The first-order chi connectivity index (χ1) is 9.88. The number of amides is 2. The van der Waals surface area contributed by atoms with Crippen LogP contribution in [0.2, 0.25) is 0 Å². The lowest BCUT2D eigenvalue weighted by Gasteiger charge is -2.15. The molecule has 0 saturated carbocycles. The van der Waals surface area contributed by atoms with Crippen LogP contribution in [0.5, 0.6) is 0 Å². The zero-order valence-electron chi connectivity index (χ0n) is 12.0. The third-order valence-corrected chi connectivity index (χ3v) is 2.98. The highest BCUT2D eigenvalue weighted by molar-refractivity contribution is 6.02.